The fraction of sp³-hybridized carbons (Fsp3) is 0.706. The average molecular weight is 485 g/mol. The lowest BCUT2D eigenvalue weighted by Gasteiger charge is -2.26. The molecule has 2 aliphatic rings. The van der Waals surface area contributed by atoms with Gasteiger partial charge in [0.15, 0.2) is 5.96 Å². The molecule has 0 amide bonds. The summed E-state index contributed by atoms with van der Waals surface area (Å²) in [5.41, 5.74) is 0. The lowest BCUT2D eigenvalue weighted by molar-refractivity contribution is 0.367. The molecule has 2 atom stereocenters. The van der Waals surface area contributed by atoms with E-state index in [0.29, 0.717) is 12.0 Å². The summed E-state index contributed by atoms with van der Waals surface area (Å²) >= 11 is 0. The largest absolute Gasteiger partial charge is 0.357 e. The number of hydrogen-bond acceptors (Lipinski definition) is 5. The maximum Gasteiger partial charge on any atom is 0.191 e. The van der Waals surface area contributed by atoms with Crippen molar-refractivity contribution in [2.24, 2.45) is 10.9 Å². The molecular formula is C17H28IN9. The van der Waals surface area contributed by atoms with E-state index in [1.165, 1.54) is 0 Å². The van der Waals surface area contributed by atoms with Crippen molar-refractivity contribution in [3.63, 3.8) is 0 Å². The number of hydrogen-bond donors (Lipinski definition) is 2. The molecule has 9 nitrogen and oxygen atoms in total. The molecule has 2 aliphatic heterocycles. The van der Waals surface area contributed by atoms with Gasteiger partial charge in [0.1, 0.15) is 23.8 Å². The number of rotatable bonds is 4. The molecule has 2 N–H and O–H groups in total. The summed E-state index contributed by atoms with van der Waals surface area (Å²) < 4.78 is 4.22. The van der Waals surface area contributed by atoms with Gasteiger partial charge in [-0.3, -0.25) is 4.99 Å². The average Bonchev–Trinajstić information content (AvgIpc) is 3.26. The highest BCUT2D eigenvalue weighted by molar-refractivity contribution is 14.0. The number of halogens is 1. The Morgan fingerprint density at radius 1 is 1.22 bits per heavy atom. The number of aromatic nitrogens is 6. The lowest BCUT2D eigenvalue weighted by atomic mass is 9.99. The molecule has 27 heavy (non-hydrogen) atoms. The van der Waals surface area contributed by atoms with E-state index in [1.807, 2.05) is 11.6 Å². The van der Waals surface area contributed by atoms with Crippen LogP contribution in [0.5, 0.6) is 0 Å². The summed E-state index contributed by atoms with van der Waals surface area (Å²) in [6.07, 6.45) is 5.75. The summed E-state index contributed by atoms with van der Waals surface area (Å²) in [5.74, 6) is 4.61. The monoisotopic (exact) mass is 485 g/mol. The lowest BCUT2D eigenvalue weighted by Crippen LogP contribution is -2.47. The fourth-order valence-electron chi connectivity index (χ4n) is 3.77. The van der Waals surface area contributed by atoms with E-state index in [-0.39, 0.29) is 24.0 Å². The zero-order chi connectivity index (χ0) is 17.9. The molecule has 0 saturated heterocycles. The van der Waals surface area contributed by atoms with Crippen molar-refractivity contribution in [3.8, 4) is 0 Å². The molecule has 10 heteroatoms. The van der Waals surface area contributed by atoms with Crippen molar-refractivity contribution >= 4 is 29.9 Å². The van der Waals surface area contributed by atoms with Crippen LogP contribution in [-0.4, -0.2) is 54.6 Å². The maximum absolute atomic E-state index is 4.86. The molecule has 4 heterocycles. The number of nitrogens with zero attached hydrogens (tertiary/aromatic N) is 7. The van der Waals surface area contributed by atoms with Gasteiger partial charge in [-0.25, -0.2) is 9.67 Å². The molecule has 2 unspecified atom stereocenters. The Labute approximate surface area is 176 Å². The molecule has 0 fully saturated rings. The minimum atomic E-state index is 0. The van der Waals surface area contributed by atoms with Crippen molar-refractivity contribution in [3.05, 3.63) is 23.8 Å². The van der Waals surface area contributed by atoms with E-state index < -0.39 is 0 Å². The van der Waals surface area contributed by atoms with Gasteiger partial charge in [0, 0.05) is 38.5 Å². The minimum absolute atomic E-state index is 0. The van der Waals surface area contributed by atoms with Crippen LogP contribution >= 0.6 is 24.0 Å². The van der Waals surface area contributed by atoms with E-state index in [4.69, 9.17) is 4.99 Å². The summed E-state index contributed by atoms with van der Waals surface area (Å²) in [5, 5.41) is 19.7. The van der Waals surface area contributed by atoms with Crippen LogP contribution in [0.1, 0.15) is 37.2 Å². The van der Waals surface area contributed by atoms with Crippen molar-refractivity contribution in [1.82, 2.24) is 40.2 Å². The Kier molecular flexibility index (Phi) is 6.66. The third-order valence-electron chi connectivity index (χ3n) is 5.23. The predicted molar refractivity (Wildman–Crippen MR) is 113 cm³/mol. The standard InChI is InChI=1S/C17H27N9.HI/c1-3-18-17(22-14-5-7-15-20-11-21-26(15)10-14)19-8-13-4-6-16-24-23-12(2)25(16)9-13;/h11,13-14H,3-10H2,1-2H3,(H2,18,19,22);1H. The summed E-state index contributed by atoms with van der Waals surface area (Å²) in [6, 6.07) is 0.333. The molecule has 2 aromatic heterocycles. The van der Waals surface area contributed by atoms with Gasteiger partial charge in [-0.05, 0) is 32.6 Å². The first-order chi connectivity index (χ1) is 12.7. The van der Waals surface area contributed by atoms with Crippen molar-refractivity contribution in [2.45, 2.75) is 58.7 Å². The van der Waals surface area contributed by atoms with Gasteiger partial charge < -0.3 is 15.2 Å². The highest BCUT2D eigenvalue weighted by atomic mass is 127. The molecule has 4 rings (SSSR count). The van der Waals surface area contributed by atoms with Crippen molar-refractivity contribution in [2.75, 3.05) is 13.1 Å². The van der Waals surface area contributed by atoms with Gasteiger partial charge in [0.25, 0.3) is 0 Å². The number of guanidine groups is 1. The first-order valence-corrected chi connectivity index (χ1v) is 9.53. The topological polar surface area (TPSA) is 97.8 Å². The van der Waals surface area contributed by atoms with Crippen molar-refractivity contribution < 1.29 is 0 Å². The van der Waals surface area contributed by atoms with Gasteiger partial charge in [-0.2, -0.15) is 5.10 Å². The number of aryl methyl sites for hydroxylation is 3. The molecule has 2 aromatic rings. The molecular weight excluding hydrogens is 457 g/mol. The Hall–Kier alpha value is -1.72. The Bertz CT molecular complexity index is 781. The first kappa shape index (κ1) is 20.0. The summed E-state index contributed by atoms with van der Waals surface area (Å²) in [7, 11) is 0. The first-order valence-electron chi connectivity index (χ1n) is 9.53. The Morgan fingerprint density at radius 3 is 2.93 bits per heavy atom. The fourth-order valence-corrected chi connectivity index (χ4v) is 3.77. The van der Waals surface area contributed by atoms with Gasteiger partial charge in [-0.1, -0.05) is 0 Å². The van der Waals surface area contributed by atoms with Crippen LogP contribution in [0.4, 0.5) is 0 Å². The van der Waals surface area contributed by atoms with Crippen LogP contribution in [0.2, 0.25) is 0 Å². The van der Waals surface area contributed by atoms with Gasteiger partial charge in [-0.15, -0.1) is 34.2 Å². The smallest absolute Gasteiger partial charge is 0.191 e. The van der Waals surface area contributed by atoms with Gasteiger partial charge in [0.05, 0.1) is 6.54 Å². The second kappa shape index (κ2) is 8.98. The zero-order valence-corrected chi connectivity index (χ0v) is 18.3. The molecule has 0 aromatic carbocycles. The maximum atomic E-state index is 4.86. The Morgan fingerprint density at radius 2 is 2.07 bits per heavy atom. The number of nitrogens with one attached hydrogen (secondary N) is 2. The quantitative estimate of drug-likeness (QED) is 0.380. The SMILES string of the molecule is CCNC(=NCC1CCc2nnc(C)n2C1)NC1CCc2ncnn2C1.I. The van der Waals surface area contributed by atoms with Crippen LogP contribution in [0, 0.1) is 12.8 Å². The van der Waals surface area contributed by atoms with Gasteiger partial charge in [0.2, 0.25) is 0 Å². The van der Waals surface area contributed by atoms with Gasteiger partial charge >= 0.3 is 0 Å². The van der Waals surface area contributed by atoms with E-state index in [0.717, 1.165) is 75.3 Å². The minimum Gasteiger partial charge on any atom is -0.357 e. The van der Waals surface area contributed by atoms with Crippen molar-refractivity contribution in [1.29, 1.82) is 0 Å². The van der Waals surface area contributed by atoms with Crippen LogP contribution in [0.3, 0.4) is 0 Å². The molecule has 0 aliphatic carbocycles. The summed E-state index contributed by atoms with van der Waals surface area (Å²) in [4.78, 5) is 9.15. The Balaban J connectivity index is 0.00000210. The molecule has 148 valence electrons. The van der Waals surface area contributed by atoms with E-state index in [2.05, 4.69) is 42.4 Å². The molecule has 0 spiro atoms. The summed E-state index contributed by atoms with van der Waals surface area (Å²) in [6.45, 7) is 7.59. The molecule has 0 bridgehead atoms. The second-order valence-electron chi connectivity index (χ2n) is 7.14. The molecule has 0 radical (unpaired) electrons. The highest BCUT2D eigenvalue weighted by Gasteiger charge is 2.23. The van der Waals surface area contributed by atoms with E-state index in [1.54, 1.807) is 6.33 Å². The van der Waals surface area contributed by atoms with Crippen LogP contribution in [-0.2, 0) is 25.9 Å². The predicted octanol–water partition coefficient (Wildman–Crippen LogP) is 0.929. The van der Waals surface area contributed by atoms with Crippen LogP contribution in [0.25, 0.3) is 0 Å². The third kappa shape index (κ3) is 4.58. The normalized spacial score (nSPS) is 21.8. The second-order valence-corrected chi connectivity index (χ2v) is 7.14. The van der Waals surface area contributed by atoms with E-state index >= 15 is 0 Å². The van der Waals surface area contributed by atoms with E-state index in [9.17, 15) is 0 Å². The number of aliphatic imine (C=N–C) groups is 1. The van der Waals surface area contributed by atoms with Crippen LogP contribution in [0.15, 0.2) is 11.3 Å². The number of fused-ring (bicyclic) bond motifs is 2. The zero-order valence-electron chi connectivity index (χ0n) is 15.9. The third-order valence-corrected chi connectivity index (χ3v) is 5.23. The van der Waals surface area contributed by atoms with Crippen LogP contribution < -0.4 is 10.6 Å². The highest BCUT2D eigenvalue weighted by Crippen LogP contribution is 2.20. The molecule has 0 saturated carbocycles.